The lowest BCUT2D eigenvalue weighted by atomic mass is 10.2. The van der Waals surface area contributed by atoms with Crippen LogP contribution in [0.15, 0.2) is 15.8 Å². The average molecular weight is 303 g/mol. The molecule has 1 aliphatic rings. The largest absolute Gasteiger partial charge is 0.376 e. The number of nitrogens with one attached hydrogen (secondary N) is 1. The highest BCUT2D eigenvalue weighted by Crippen LogP contribution is 2.20. The Labute approximate surface area is 125 Å². The third-order valence-corrected chi connectivity index (χ3v) is 4.33. The van der Waals surface area contributed by atoms with Crippen molar-refractivity contribution in [3.8, 4) is 0 Å². The van der Waals surface area contributed by atoms with Gasteiger partial charge in [-0.2, -0.15) is 4.98 Å². The molecule has 0 aliphatic carbocycles. The lowest BCUT2D eigenvalue weighted by Crippen LogP contribution is -2.28. The van der Waals surface area contributed by atoms with Gasteiger partial charge >= 0.3 is 5.69 Å². The number of hydrogen-bond acceptors (Lipinski definition) is 4. The van der Waals surface area contributed by atoms with E-state index in [0.29, 0.717) is 23.5 Å². The molecule has 0 aromatic carbocycles. The fourth-order valence-electron chi connectivity index (χ4n) is 3.13. The average Bonchev–Trinajstić information content (AvgIpc) is 3.15. The highest BCUT2D eigenvalue weighted by atomic mass is 16.5. The van der Waals surface area contributed by atoms with Gasteiger partial charge in [-0.15, -0.1) is 0 Å². The van der Waals surface area contributed by atoms with E-state index in [4.69, 9.17) is 4.74 Å². The molecule has 0 saturated carbocycles. The normalized spacial score (nSPS) is 18.7. The Morgan fingerprint density at radius 1 is 1.45 bits per heavy atom. The quantitative estimate of drug-likeness (QED) is 0.731. The molecule has 4 heterocycles. The summed E-state index contributed by atoms with van der Waals surface area (Å²) in [5.74, 6) is 0.662. The molecular weight excluding hydrogens is 286 g/mol. The monoisotopic (exact) mass is 303 g/mol. The molecule has 1 unspecified atom stereocenters. The van der Waals surface area contributed by atoms with E-state index in [1.165, 1.54) is 4.57 Å². The maximum atomic E-state index is 12.1. The molecule has 22 heavy (non-hydrogen) atoms. The van der Waals surface area contributed by atoms with Crippen molar-refractivity contribution in [2.24, 2.45) is 7.05 Å². The van der Waals surface area contributed by atoms with Crippen LogP contribution in [0.5, 0.6) is 0 Å². The van der Waals surface area contributed by atoms with Crippen molar-refractivity contribution >= 4 is 16.9 Å². The van der Waals surface area contributed by atoms with Gasteiger partial charge < -0.3 is 9.30 Å². The van der Waals surface area contributed by atoms with Crippen molar-refractivity contribution in [1.29, 1.82) is 0 Å². The lowest BCUT2D eigenvalue weighted by Gasteiger charge is -2.11. The number of aryl methyl sites for hydroxylation is 2. The van der Waals surface area contributed by atoms with Gasteiger partial charge in [-0.3, -0.25) is 18.7 Å². The number of hydrogen-bond donors (Lipinski definition) is 1. The summed E-state index contributed by atoms with van der Waals surface area (Å²) in [7, 11) is 1.60. The van der Waals surface area contributed by atoms with Crippen molar-refractivity contribution in [1.82, 2.24) is 23.5 Å². The fourth-order valence-corrected chi connectivity index (χ4v) is 3.13. The highest BCUT2D eigenvalue weighted by Gasteiger charge is 2.21. The Bertz CT molecular complexity index is 984. The number of fused-ring (bicyclic) bond motifs is 3. The molecular formula is C14H17N5O3. The van der Waals surface area contributed by atoms with Crippen molar-refractivity contribution in [2.45, 2.75) is 32.4 Å². The van der Waals surface area contributed by atoms with Gasteiger partial charge in [0.05, 0.1) is 12.6 Å². The van der Waals surface area contributed by atoms with Gasteiger partial charge in [-0.25, -0.2) is 4.79 Å². The second-order valence-electron chi connectivity index (χ2n) is 5.79. The molecule has 1 saturated heterocycles. The van der Waals surface area contributed by atoms with Crippen molar-refractivity contribution in [3.05, 3.63) is 32.7 Å². The number of aromatic nitrogens is 5. The third-order valence-electron chi connectivity index (χ3n) is 4.33. The predicted octanol–water partition coefficient (Wildman–Crippen LogP) is 0.163. The minimum absolute atomic E-state index is 0.178. The SMILES string of the molecule is Cc1cn2c3c(=O)[nH]c(=O)n(C)c3nc2n1CC1CCCO1. The number of rotatable bonds is 2. The van der Waals surface area contributed by atoms with Crippen LogP contribution < -0.4 is 11.2 Å². The van der Waals surface area contributed by atoms with E-state index in [2.05, 4.69) is 9.97 Å². The maximum Gasteiger partial charge on any atom is 0.329 e. The van der Waals surface area contributed by atoms with Gasteiger partial charge in [-0.1, -0.05) is 0 Å². The van der Waals surface area contributed by atoms with Gasteiger partial charge in [0.1, 0.15) is 0 Å². The summed E-state index contributed by atoms with van der Waals surface area (Å²) in [5, 5.41) is 0. The Morgan fingerprint density at radius 2 is 2.27 bits per heavy atom. The molecule has 4 rings (SSSR count). The molecule has 1 aliphatic heterocycles. The second kappa shape index (κ2) is 4.57. The summed E-state index contributed by atoms with van der Waals surface area (Å²) >= 11 is 0. The van der Waals surface area contributed by atoms with Gasteiger partial charge in [0, 0.05) is 25.5 Å². The highest BCUT2D eigenvalue weighted by molar-refractivity contribution is 5.75. The number of imidazole rings is 2. The number of aromatic amines is 1. The fraction of sp³-hybridized carbons (Fsp3) is 0.500. The van der Waals surface area contributed by atoms with Crippen molar-refractivity contribution < 1.29 is 4.74 Å². The molecule has 3 aromatic heterocycles. The smallest absolute Gasteiger partial charge is 0.329 e. The topological polar surface area (TPSA) is 86.3 Å². The first-order valence-corrected chi connectivity index (χ1v) is 7.35. The summed E-state index contributed by atoms with van der Waals surface area (Å²) in [4.78, 5) is 30.7. The van der Waals surface area contributed by atoms with Crippen molar-refractivity contribution in [3.63, 3.8) is 0 Å². The molecule has 8 heteroatoms. The lowest BCUT2D eigenvalue weighted by molar-refractivity contribution is 0.0974. The minimum atomic E-state index is -0.458. The van der Waals surface area contributed by atoms with Crippen LogP contribution in [0.3, 0.4) is 0 Å². The number of H-pyrrole nitrogens is 1. The van der Waals surface area contributed by atoms with Gasteiger partial charge in [-0.05, 0) is 19.8 Å². The van der Waals surface area contributed by atoms with E-state index in [1.54, 1.807) is 11.4 Å². The zero-order valence-corrected chi connectivity index (χ0v) is 12.5. The Hall–Kier alpha value is -2.35. The van der Waals surface area contributed by atoms with Gasteiger partial charge in [0.2, 0.25) is 5.78 Å². The molecule has 8 nitrogen and oxygen atoms in total. The zero-order valence-electron chi connectivity index (χ0n) is 12.5. The van der Waals surface area contributed by atoms with Crippen LogP contribution >= 0.6 is 0 Å². The van der Waals surface area contributed by atoms with Crippen LogP contribution in [0.1, 0.15) is 18.5 Å². The van der Waals surface area contributed by atoms with Crippen LogP contribution in [-0.4, -0.2) is 36.2 Å². The van der Waals surface area contributed by atoms with Crippen LogP contribution in [0, 0.1) is 6.92 Å². The van der Waals surface area contributed by atoms with E-state index in [0.717, 1.165) is 25.1 Å². The second-order valence-corrected chi connectivity index (χ2v) is 5.79. The Kier molecular flexibility index (Phi) is 2.77. The van der Waals surface area contributed by atoms with E-state index in [1.807, 2.05) is 17.7 Å². The summed E-state index contributed by atoms with van der Waals surface area (Å²) in [6, 6.07) is 0. The van der Waals surface area contributed by atoms with Crippen molar-refractivity contribution in [2.75, 3.05) is 6.61 Å². The number of ether oxygens (including phenoxy) is 1. The molecule has 0 bridgehead atoms. The third kappa shape index (κ3) is 1.77. The maximum absolute atomic E-state index is 12.1. The van der Waals surface area contributed by atoms with E-state index >= 15 is 0 Å². The first kappa shape index (κ1) is 13.3. The molecule has 0 radical (unpaired) electrons. The molecule has 3 aromatic rings. The van der Waals surface area contributed by atoms with Crippen LogP contribution in [0.2, 0.25) is 0 Å². The molecule has 0 spiro atoms. The summed E-state index contributed by atoms with van der Waals surface area (Å²) < 4.78 is 10.8. The molecule has 1 N–H and O–H groups in total. The summed E-state index contributed by atoms with van der Waals surface area (Å²) in [5.41, 5.74) is 0.921. The summed E-state index contributed by atoms with van der Waals surface area (Å²) in [6.45, 7) is 3.48. The molecule has 1 atom stereocenters. The van der Waals surface area contributed by atoms with E-state index in [9.17, 15) is 9.59 Å². The van der Waals surface area contributed by atoms with E-state index in [-0.39, 0.29) is 6.10 Å². The first-order chi connectivity index (χ1) is 10.6. The Balaban J connectivity index is 1.98. The van der Waals surface area contributed by atoms with Crippen LogP contribution in [0.25, 0.3) is 16.9 Å². The number of nitrogens with zero attached hydrogens (tertiary/aromatic N) is 4. The van der Waals surface area contributed by atoms with Crippen LogP contribution in [0.4, 0.5) is 0 Å². The summed E-state index contributed by atoms with van der Waals surface area (Å²) in [6.07, 6.45) is 4.16. The molecule has 1 fully saturated rings. The van der Waals surface area contributed by atoms with E-state index < -0.39 is 11.2 Å². The zero-order chi connectivity index (χ0) is 15.4. The van der Waals surface area contributed by atoms with Crippen LogP contribution in [-0.2, 0) is 18.3 Å². The standard InChI is InChI=1S/C14H17N5O3/c1-8-6-19-10-11(17(2)14(21)16-12(10)20)15-13(19)18(8)7-9-4-3-5-22-9/h6,9H,3-5,7H2,1-2H3,(H,16,20,21). The predicted molar refractivity (Wildman–Crippen MR) is 80.3 cm³/mol. The molecule has 116 valence electrons. The minimum Gasteiger partial charge on any atom is -0.376 e. The van der Waals surface area contributed by atoms with Gasteiger partial charge in [0.15, 0.2) is 11.2 Å². The first-order valence-electron chi connectivity index (χ1n) is 7.35. The molecule has 0 amide bonds. The van der Waals surface area contributed by atoms with Gasteiger partial charge in [0.25, 0.3) is 5.56 Å². The Morgan fingerprint density at radius 3 is 3.00 bits per heavy atom.